The molecule has 0 fully saturated rings. The Hall–Kier alpha value is -1.58. The molecule has 2 aromatic carbocycles. The van der Waals surface area contributed by atoms with Crippen LogP contribution >= 0.6 is 11.6 Å². The number of hydrogen-bond acceptors (Lipinski definition) is 2. The van der Waals surface area contributed by atoms with Gasteiger partial charge in [-0.3, -0.25) is 0 Å². The smallest absolute Gasteiger partial charge is 0.142 e. The van der Waals surface area contributed by atoms with Crippen LogP contribution in [0.3, 0.4) is 0 Å². The van der Waals surface area contributed by atoms with Crippen LogP contribution in [0.4, 0.5) is 10.1 Å². The van der Waals surface area contributed by atoms with Gasteiger partial charge in [0.1, 0.15) is 5.82 Å². The highest BCUT2D eigenvalue weighted by molar-refractivity contribution is 6.30. The minimum absolute atomic E-state index is 0.0796. The molecule has 2 aromatic rings. The molecule has 1 unspecified atom stereocenters. The Kier molecular flexibility index (Phi) is 4.40. The van der Waals surface area contributed by atoms with Crippen LogP contribution in [-0.2, 0) is 0 Å². The van der Waals surface area contributed by atoms with Gasteiger partial charge in [-0.15, -0.1) is 0 Å². The van der Waals surface area contributed by atoms with Crippen molar-refractivity contribution in [3.8, 4) is 0 Å². The number of rotatable bonds is 4. The maximum Gasteiger partial charge on any atom is 0.142 e. The fourth-order valence-corrected chi connectivity index (χ4v) is 2.02. The lowest BCUT2D eigenvalue weighted by atomic mass is 10.1. The topological polar surface area (TPSA) is 32.3 Å². The summed E-state index contributed by atoms with van der Waals surface area (Å²) in [5.41, 5.74) is 2.66. The number of nitrogens with one attached hydrogen (secondary N) is 1. The monoisotopic (exact) mass is 279 g/mol. The summed E-state index contributed by atoms with van der Waals surface area (Å²) in [5, 5.41) is 12.7. The first-order valence-corrected chi connectivity index (χ1v) is 6.37. The molecule has 0 spiro atoms. The molecule has 4 heteroatoms. The van der Waals surface area contributed by atoms with Gasteiger partial charge in [0.25, 0.3) is 0 Å². The molecule has 2 nitrogen and oxygen atoms in total. The van der Waals surface area contributed by atoms with Crippen molar-refractivity contribution in [2.24, 2.45) is 0 Å². The van der Waals surface area contributed by atoms with E-state index in [2.05, 4.69) is 5.32 Å². The molecule has 2 rings (SSSR count). The molecular formula is C15H15ClFNO. The van der Waals surface area contributed by atoms with Crippen LogP contribution in [0, 0.1) is 12.7 Å². The summed E-state index contributed by atoms with van der Waals surface area (Å²) in [7, 11) is 0. The number of hydrogen-bond donors (Lipinski definition) is 2. The van der Waals surface area contributed by atoms with Crippen molar-refractivity contribution < 1.29 is 9.50 Å². The van der Waals surface area contributed by atoms with Gasteiger partial charge in [-0.2, -0.15) is 0 Å². The Morgan fingerprint density at radius 3 is 2.68 bits per heavy atom. The molecule has 2 N–H and O–H groups in total. The molecule has 0 aliphatic carbocycles. The van der Waals surface area contributed by atoms with Gasteiger partial charge in [0.15, 0.2) is 0 Å². The lowest BCUT2D eigenvalue weighted by Gasteiger charge is -2.18. The van der Waals surface area contributed by atoms with Crippen molar-refractivity contribution in [1.29, 1.82) is 0 Å². The van der Waals surface area contributed by atoms with Gasteiger partial charge in [0.2, 0.25) is 0 Å². The van der Waals surface area contributed by atoms with Crippen LogP contribution in [0.5, 0.6) is 0 Å². The van der Waals surface area contributed by atoms with Crippen molar-refractivity contribution in [3.05, 3.63) is 64.4 Å². The molecule has 0 aromatic heterocycles. The van der Waals surface area contributed by atoms with E-state index in [1.165, 1.54) is 12.1 Å². The van der Waals surface area contributed by atoms with Crippen molar-refractivity contribution in [2.45, 2.75) is 13.0 Å². The molecule has 0 saturated carbocycles. The summed E-state index contributed by atoms with van der Waals surface area (Å²) in [6, 6.07) is 12.0. The van der Waals surface area contributed by atoms with Gasteiger partial charge in [0, 0.05) is 5.69 Å². The first-order valence-electron chi connectivity index (χ1n) is 5.99. The number of aryl methyl sites for hydroxylation is 1. The highest BCUT2D eigenvalue weighted by Gasteiger charge is 2.12. The lowest BCUT2D eigenvalue weighted by Crippen LogP contribution is -2.15. The summed E-state index contributed by atoms with van der Waals surface area (Å²) in [5.74, 6) is -0.483. The zero-order valence-electron chi connectivity index (χ0n) is 10.5. The van der Waals surface area contributed by atoms with Gasteiger partial charge >= 0.3 is 0 Å². The zero-order valence-corrected chi connectivity index (χ0v) is 11.3. The highest BCUT2D eigenvalue weighted by Crippen LogP contribution is 2.23. The molecule has 0 heterocycles. The molecule has 100 valence electrons. The standard InChI is InChI=1S/C15H15ClFNO/c1-10-3-2-4-12(7-10)18-15(9-19)11-5-6-13(16)14(17)8-11/h2-8,15,18-19H,9H2,1H3. The predicted octanol–water partition coefficient (Wildman–Crippen LogP) is 3.93. The quantitative estimate of drug-likeness (QED) is 0.889. The second kappa shape index (κ2) is 6.04. The number of aliphatic hydroxyl groups excluding tert-OH is 1. The van der Waals surface area contributed by atoms with E-state index in [4.69, 9.17) is 11.6 Å². The molecule has 0 saturated heterocycles. The van der Waals surface area contributed by atoms with Crippen LogP contribution in [0.2, 0.25) is 5.02 Å². The lowest BCUT2D eigenvalue weighted by molar-refractivity contribution is 0.276. The van der Waals surface area contributed by atoms with Gasteiger partial charge in [0.05, 0.1) is 17.7 Å². The molecule has 0 bridgehead atoms. The highest BCUT2D eigenvalue weighted by atomic mass is 35.5. The Labute approximate surface area is 116 Å². The van der Waals surface area contributed by atoms with Crippen molar-refractivity contribution in [3.63, 3.8) is 0 Å². The summed E-state index contributed by atoms with van der Waals surface area (Å²) in [6.45, 7) is 1.86. The summed E-state index contributed by atoms with van der Waals surface area (Å²) < 4.78 is 13.4. The third kappa shape index (κ3) is 3.46. The van der Waals surface area contributed by atoms with Crippen molar-refractivity contribution in [1.82, 2.24) is 0 Å². The van der Waals surface area contributed by atoms with E-state index >= 15 is 0 Å². The fraction of sp³-hybridized carbons (Fsp3) is 0.200. The van der Waals surface area contributed by atoms with E-state index in [0.29, 0.717) is 5.56 Å². The van der Waals surface area contributed by atoms with Gasteiger partial charge in [-0.25, -0.2) is 4.39 Å². The molecular weight excluding hydrogens is 265 g/mol. The average Bonchev–Trinajstić information content (AvgIpc) is 2.39. The molecule has 0 aliphatic heterocycles. The maximum atomic E-state index is 13.4. The minimum Gasteiger partial charge on any atom is -0.394 e. The Balaban J connectivity index is 2.22. The van der Waals surface area contributed by atoms with Crippen LogP contribution in [0.1, 0.15) is 17.2 Å². The Morgan fingerprint density at radius 1 is 1.26 bits per heavy atom. The first kappa shape index (κ1) is 13.8. The number of benzene rings is 2. The Morgan fingerprint density at radius 2 is 2.05 bits per heavy atom. The predicted molar refractivity (Wildman–Crippen MR) is 76.0 cm³/mol. The van der Waals surface area contributed by atoms with Gasteiger partial charge in [-0.1, -0.05) is 29.8 Å². The number of aliphatic hydroxyl groups is 1. The van der Waals surface area contributed by atoms with Crippen LogP contribution in [0.25, 0.3) is 0 Å². The second-order valence-corrected chi connectivity index (χ2v) is 4.83. The third-order valence-electron chi connectivity index (χ3n) is 2.89. The first-order chi connectivity index (χ1) is 9.10. The number of anilines is 1. The van der Waals surface area contributed by atoms with Crippen LogP contribution < -0.4 is 5.32 Å². The van der Waals surface area contributed by atoms with E-state index in [0.717, 1.165) is 11.3 Å². The largest absolute Gasteiger partial charge is 0.394 e. The van der Waals surface area contributed by atoms with E-state index in [1.54, 1.807) is 6.07 Å². The number of halogens is 2. The van der Waals surface area contributed by atoms with Gasteiger partial charge < -0.3 is 10.4 Å². The molecule has 19 heavy (non-hydrogen) atoms. The summed E-state index contributed by atoms with van der Waals surface area (Å²) >= 11 is 5.65. The minimum atomic E-state index is -0.483. The van der Waals surface area contributed by atoms with Crippen molar-refractivity contribution >= 4 is 17.3 Å². The SMILES string of the molecule is Cc1cccc(NC(CO)c2ccc(Cl)c(F)c2)c1. The second-order valence-electron chi connectivity index (χ2n) is 4.42. The maximum absolute atomic E-state index is 13.4. The van der Waals surface area contributed by atoms with Gasteiger partial charge in [-0.05, 0) is 42.3 Å². The zero-order chi connectivity index (χ0) is 13.8. The molecule has 0 amide bonds. The fourth-order valence-electron chi connectivity index (χ4n) is 1.90. The van der Waals surface area contributed by atoms with E-state index in [1.807, 2.05) is 31.2 Å². The Bertz CT molecular complexity index is 574. The van der Waals surface area contributed by atoms with Crippen LogP contribution in [0.15, 0.2) is 42.5 Å². The van der Waals surface area contributed by atoms with Crippen molar-refractivity contribution in [2.75, 3.05) is 11.9 Å². The van der Waals surface area contributed by atoms with E-state index < -0.39 is 5.82 Å². The van der Waals surface area contributed by atoms with Crippen LogP contribution in [-0.4, -0.2) is 11.7 Å². The molecule has 0 aliphatic rings. The summed E-state index contributed by atoms with van der Waals surface area (Å²) in [4.78, 5) is 0. The third-order valence-corrected chi connectivity index (χ3v) is 3.19. The summed E-state index contributed by atoms with van der Waals surface area (Å²) in [6.07, 6.45) is 0. The van der Waals surface area contributed by atoms with E-state index in [-0.39, 0.29) is 17.7 Å². The average molecular weight is 280 g/mol. The van der Waals surface area contributed by atoms with E-state index in [9.17, 15) is 9.50 Å². The molecule has 0 radical (unpaired) electrons. The molecule has 1 atom stereocenters. The normalized spacial score (nSPS) is 12.2.